The van der Waals surface area contributed by atoms with Gasteiger partial charge in [-0.1, -0.05) is 11.6 Å². The third-order valence-electron chi connectivity index (χ3n) is 3.84. The van der Waals surface area contributed by atoms with Crippen LogP contribution < -0.4 is 9.50 Å². The highest BCUT2D eigenvalue weighted by atomic mass is 35.5. The van der Waals surface area contributed by atoms with Crippen molar-refractivity contribution in [1.29, 1.82) is 0 Å². The Bertz CT molecular complexity index is 770. The van der Waals surface area contributed by atoms with Crippen molar-refractivity contribution >= 4 is 27.8 Å². The van der Waals surface area contributed by atoms with E-state index in [1.54, 1.807) is 17.0 Å². The third kappa shape index (κ3) is 7.56. The van der Waals surface area contributed by atoms with Crippen LogP contribution in [0.3, 0.4) is 0 Å². The van der Waals surface area contributed by atoms with Gasteiger partial charge in [0, 0.05) is 29.3 Å². The summed E-state index contributed by atoms with van der Waals surface area (Å²) in [7, 11) is -3.71. The van der Waals surface area contributed by atoms with Gasteiger partial charge in [0.2, 0.25) is 0 Å². The third-order valence-corrected chi connectivity index (χ3v) is 4.56. The molecule has 1 aliphatic rings. The van der Waals surface area contributed by atoms with Crippen LogP contribution in [0, 0.1) is 0 Å². The van der Waals surface area contributed by atoms with Crippen LogP contribution in [0.1, 0.15) is 39.2 Å². The quantitative estimate of drug-likeness (QED) is 0.717. The van der Waals surface area contributed by atoms with Crippen molar-refractivity contribution in [2.45, 2.75) is 51.8 Å². The predicted octanol–water partition coefficient (Wildman–Crippen LogP) is 3.17. The molecule has 1 atom stereocenters. The van der Waals surface area contributed by atoms with E-state index >= 15 is 0 Å². The number of amides is 2. The summed E-state index contributed by atoms with van der Waals surface area (Å²) in [5.74, 6) is 0.155. The first-order chi connectivity index (χ1) is 12.4. The Morgan fingerprint density at radius 2 is 2.11 bits per heavy atom. The van der Waals surface area contributed by atoms with Crippen molar-refractivity contribution in [3.8, 4) is 5.75 Å². The molecular formula is C18H27ClN2O5S. The van der Waals surface area contributed by atoms with Crippen molar-refractivity contribution in [2.24, 2.45) is 0 Å². The first-order valence-corrected chi connectivity index (χ1v) is 11.0. The zero-order chi connectivity index (χ0) is 20.2. The van der Waals surface area contributed by atoms with Crippen LogP contribution in [0.2, 0.25) is 5.02 Å². The van der Waals surface area contributed by atoms with Crippen molar-refractivity contribution in [2.75, 3.05) is 19.4 Å². The van der Waals surface area contributed by atoms with Crippen LogP contribution in [0.5, 0.6) is 5.75 Å². The number of hydrogen-bond acceptors (Lipinski definition) is 5. The van der Waals surface area contributed by atoms with E-state index < -0.39 is 15.7 Å². The van der Waals surface area contributed by atoms with Gasteiger partial charge in [-0.25, -0.2) is 4.79 Å². The lowest BCUT2D eigenvalue weighted by atomic mass is 10.1. The summed E-state index contributed by atoms with van der Waals surface area (Å²) in [5, 5.41) is 3.36. The van der Waals surface area contributed by atoms with E-state index in [9.17, 15) is 13.2 Å². The number of carbonyl (C=O) groups excluding carboxylic acids is 1. The topological polar surface area (TPSA) is 84.9 Å². The van der Waals surface area contributed by atoms with Gasteiger partial charge >= 0.3 is 16.1 Å². The van der Waals surface area contributed by atoms with Crippen LogP contribution in [-0.2, 0) is 21.4 Å². The second kappa shape index (κ2) is 8.67. The maximum Gasteiger partial charge on any atom is 0.318 e. The second-order valence-electron chi connectivity index (χ2n) is 7.74. The molecule has 9 heteroatoms. The summed E-state index contributed by atoms with van der Waals surface area (Å²) in [5.41, 5.74) is 0.0988. The zero-order valence-electron chi connectivity index (χ0n) is 16.1. The molecule has 0 saturated carbocycles. The molecule has 1 aromatic rings. The largest absolute Gasteiger partial charge is 0.382 e. The van der Waals surface area contributed by atoms with E-state index in [4.69, 9.17) is 20.5 Å². The molecule has 1 heterocycles. The minimum absolute atomic E-state index is 0.0471. The lowest BCUT2D eigenvalue weighted by Crippen LogP contribution is -2.50. The van der Waals surface area contributed by atoms with Crippen molar-refractivity contribution < 1.29 is 22.1 Å². The highest BCUT2D eigenvalue weighted by Gasteiger charge is 2.26. The Morgan fingerprint density at radius 3 is 2.67 bits per heavy atom. The van der Waals surface area contributed by atoms with Gasteiger partial charge in [0.25, 0.3) is 0 Å². The molecule has 7 nitrogen and oxygen atoms in total. The molecule has 2 amide bonds. The Hall–Kier alpha value is -1.51. The maximum absolute atomic E-state index is 12.8. The Kier molecular flexibility index (Phi) is 6.99. The van der Waals surface area contributed by atoms with Crippen LogP contribution in [0.15, 0.2) is 18.2 Å². The molecule has 0 aliphatic carbocycles. The molecule has 152 valence electrons. The standard InChI is InChI=1S/C18H27ClN2O5S/c1-18(2,3)20-17(22)21(12-15-6-5-9-25-15)11-13-10-14(19)7-8-16(13)26-27(4,23)24/h7-8,10,15H,5-6,9,11-12H2,1-4H3,(H,20,22). The van der Waals surface area contributed by atoms with E-state index in [0.29, 0.717) is 23.7 Å². The number of halogens is 1. The van der Waals surface area contributed by atoms with E-state index in [1.165, 1.54) is 6.07 Å². The minimum Gasteiger partial charge on any atom is -0.382 e. The van der Waals surface area contributed by atoms with E-state index in [2.05, 4.69) is 5.32 Å². The van der Waals surface area contributed by atoms with Gasteiger partial charge in [-0.2, -0.15) is 8.42 Å². The molecule has 0 aromatic heterocycles. The average molecular weight is 419 g/mol. The molecular weight excluding hydrogens is 392 g/mol. The van der Waals surface area contributed by atoms with Gasteiger partial charge in [0.15, 0.2) is 0 Å². The predicted molar refractivity (Wildman–Crippen MR) is 105 cm³/mol. The fourth-order valence-electron chi connectivity index (χ4n) is 2.77. The fraction of sp³-hybridized carbons (Fsp3) is 0.611. The average Bonchev–Trinajstić information content (AvgIpc) is 2.99. The number of nitrogens with one attached hydrogen (secondary N) is 1. The van der Waals surface area contributed by atoms with E-state index in [-0.39, 0.29) is 24.4 Å². The zero-order valence-corrected chi connectivity index (χ0v) is 17.7. The summed E-state index contributed by atoms with van der Waals surface area (Å²) in [6, 6.07) is 4.38. The van der Waals surface area contributed by atoms with Crippen LogP contribution >= 0.6 is 11.6 Å². The number of rotatable bonds is 6. The Morgan fingerprint density at radius 1 is 1.41 bits per heavy atom. The van der Waals surface area contributed by atoms with Gasteiger partial charge in [-0.3, -0.25) is 0 Å². The first kappa shape index (κ1) is 21.8. The van der Waals surface area contributed by atoms with Gasteiger partial charge in [-0.05, 0) is 51.8 Å². The maximum atomic E-state index is 12.8. The molecule has 0 radical (unpaired) electrons. The van der Waals surface area contributed by atoms with Gasteiger partial charge in [-0.15, -0.1) is 0 Å². The van der Waals surface area contributed by atoms with Gasteiger partial charge < -0.3 is 19.1 Å². The second-order valence-corrected chi connectivity index (χ2v) is 9.75. The Labute approximate surface area is 166 Å². The van der Waals surface area contributed by atoms with Gasteiger partial charge in [0.05, 0.1) is 18.9 Å². The van der Waals surface area contributed by atoms with Crippen molar-refractivity contribution in [3.63, 3.8) is 0 Å². The molecule has 1 N–H and O–H groups in total. The number of urea groups is 1. The molecule has 2 rings (SSSR count). The van der Waals surface area contributed by atoms with Crippen LogP contribution in [-0.4, -0.2) is 50.4 Å². The molecule has 0 spiro atoms. The molecule has 1 unspecified atom stereocenters. The summed E-state index contributed by atoms with van der Waals surface area (Å²) in [6.45, 7) is 6.91. The van der Waals surface area contributed by atoms with E-state index in [1.807, 2.05) is 20.8 Å². The lowest BCUT2D eigenvalue weighted by molar-refractivity contribution is 0.0780. The molecule has 1 aromatic carbocycles. The normalized spacial score (nSPS) is 17.6. The Balaban J connectivity index is 2.27. The number of benzene rings is 1. The molecule has 1 aliphatic heterocycles. The molecule has 1 saturated heterocycles. The highest BCUT2D eigenvalue weighted by molar-refractivity contribution is 7.86. The monoisotopic (exact) mass is 418 g/mol. The minimum atomic E-state index is -3.71. The SMILES string of the molecule is CC(C)(C)NC(=O)N(Cc1cc(Cl)ccc1OS(C)(=O)=O)CC1CCCO1. The summed E-state index contributed by atoms with van der Waals surface area (Å²) in [4.78, 5) is 14.4. The number of hydrogen-bond donors (Lipinski definition) is 1. The summed E-state index contributed by atoms with van der Waals surface area (Å²) < 4.78 is 33.8. The smallest absolute Gasteiger partial charge is 0.318 e. The van der Waals surface area contributed by atoms with Crippen molar-refractivity contribution in [1.82, 2.24) is 10.2 Å². The summed E-state index contributed by atoms with van der Waals surface area (Å²) in [6.07, 6.45) is 2.76. The first-order valence-electron chi connectivity index (χ1n) is 8.79. The van der Waals surface area contributed by atoms with E-state index in [0.717, 1.165) is 19.1 Å². The van der Waals surface area contributed by atoms with Crippen LogP contribution in [0.25, 0.3) is 0 Å². The fourth-order valence-corrected chi connectivity index (χ4v) is 3.46. The molecule has 27 heavy (non-hydrogen) atoms. The lowest BCUT2D eigenvalue weighted by Gasteiger charge is -2.30. The van der Waals surface area contributed by atoms with Crippen molar-refractivity contribution in [3.05, 3.63) is 28.8 Å². The molecule has 1 fully saturated rings. The number of nitrogens with zero attached hydrogens (tertiary/aromatic N) is 1. The summed E-state index contributed by atoms with van der Waals surface area (Å²) >= 11 is 6.08. The van der Waals surface area contributed by atoms with Gasteiger partial charge in [0.1, 0.15) is 5.75 Å². The number of ether oxygens (including phenoxy) is 1. The molecule has 0 bridgehead atoms. The highest BCUT2D eigenvalue weighted by Crippen LogP contribution is 2.26. The van der Waals surface area contributed by atoms with Crippen LogP contribution in [0.4, 0.5) is 4.79 Å². The number of carbonyl (C=O) groups is 1.